The van der Waals surface area contributed by atoms with Crippen molar-refractivity contribution in [2.24, 2.45) is 0 Å². The summed E-state index contributed by atoms with van der Waals surface area (Å²) < 4.78 is 37.8. The summed E-state index contributed by atoms with van der Waals surface area (Å²) in [6, 6.07) is 4.59. The quantitative estimate of drug-likeness (QED) is 0.796. The lowest BCUT2D eigenvalue weighted by atomic mass is 10.1. The van der Waals surface area contributed by atoms with Crippen molar-refractivity contribution in [3.05, 3.63) is 35.4 Å². The molecule has 2 rings (SSSR count). The summed E-state index contributed by atoms with van der Waals surface area (Å²) in [5, 5.41) is 0. The van der Waals surface area contributed by atoms with E-state index < -0.39 is 11.7 Å². The second kappa shape index (κ2) is 7.45. The number of carbonyl (C=O) groups is 1. The van der Waals surface area contributed by atoms with Gasteiger partial charge in [0.25, 0.3) is 5.91 Å². The minimum Gasteiger partial charge on any atom is -0.336 e. The molecule has 0 saturated carbocycles. The lowest BCUT2D eigenvalue weighted by Crippen LogP contribution is -2.47. The topological polar surface area (TPSA) is 23.6 Å². The van der Waals surface area contributed by atoms with Crippen molar-refractivity contribution in [1.82, 2.24) is 9.80 Å². The van der Waals surface area contributed by atoms with E-state index in [9.17, 15) is 18.0 Å². The monoisotopic (exact) mass is 302 g/mol. The Morgan fingerprint density at radius 3 is 2.19 bits per heavy atom. The van der Waals surface area contributed by atoms with Crippen LogP contribution in [-0.4, -0.2) is 48.9 Å². The second-order valence-corrected chi connectivity index (χ2v) is 4.67. The molecule has 1 heterocycles. The zero-order chi connectivity index (χ0) is 16.0. The van der Waals surface area contributed by atoms with E-state index in [0.29, 0.717) is 13.1 Å². The first kappa shape index (κ1) is 17.5. The van der Waals surface area contributed by atoms with Crippen LogP contribution in [0.2, 0.25) is 0 Å². The van der Waals surface area contributed by atoms with Gasteiger partial charge in [0.15, 0.2) is 0 Å². The van der Waals surface area contributed by atoms with Gasteiger partial charge in [0.2, 0.25) is 0 Å². The molecule has 0 atom stereocenters. The van der Waals surface area contributed by atoms with Crippen LogP contribution >= 0.6 is 0 Å². The number of piperazine rings is 1. The van der Waals surface area contributed by atoms with Gasteiger partial charge in [0.05, 0.1) is 5.56 Å². The van der Waals surface area contributed by atoms with Crippen LogP contribution in [0, 0.1) is 0 Å². The van der Waals surface area contributed by atoms with Crippen molar-refractivity contribution in [3.63, 3.8) is 0 Å². The molecule has 0 unspecified atom stereocenters. The number of hydrogen-bond donors (Lipinski definition) is 0. The highest BCUT2D eigenvalue weighted by atomic mass is 19.4. The number of nitrogens with zero attached hydrogens (tertiary/aromatic N) is 2. The third kappa shape index (κ3) is 4.74. The molecule has 1 amide bonds. The summed E-state index contributed by atoms with van der Waals surface area (Å²) in [4.78, 5) is 15.8. The maximum Gasteiger partial charge on any atom is 0.416 e. The molecule has 0 aromatic heterocycles. The molecular formula is C15H21F3N2O. The van der Waals surface area contributed by atoms with E-state index in [1.54, 1.807) is 4.90 Å². The summed E-state index contributed by atoms with van der Waals surface area (Å²) in [7, 11) is 1.95. The van der Waals surface area contributed by atoms with Crippen LogP contribution in [0.4, 0.5) is 13.2 Å². The lowest BCUT2D eigenvalue weighted by molar-refractivity contribution is -0.137. The molecule has 1 aliphatic heterocycles. The molecule has 1 aromatic rings. The van der Waals surface area contributed by atoms with Gasteiger partial charge in [-0.2, -0.15) is 13.2 Å². The Balaban J connectivity index is 0.00000106. The van der Waals surface area contributed by atoms with Gasteiger partial charge < -0.3 is 9.80 Å². The predicted molar refractivity (Wildman–Crippen MR) is 76.2 cm³/mol. The molecule has 1 saturated heterocycles. The fourth-order valence-electron chi connectivity index (χ4n) is 2.02. The van der Waals surface area contributed by atoms with Gasteiger partial charge in [-0.25, -0.2) is 0 Å². The summed E-state index contributed by atoms with van der Waals surface area (Å²) in [6.07, 6.45) is -4.42. The Morgan fingerprint density at radius 1 is 1.10 bits per heavy atom. The summed E-state index contributed by atoms with van der Waals surface area (Å²) >= 11 is 0. The largest absolute Gasteiger partial charge is 0.416 e. The number of halogens is 3. The molecule has 1 aromatic carbocycles. The molecule has 0 radical (unpaired) electrons. The van der Waals surface area contributed by atoms with E-state index in [-0.39, 0.29) is 11.5 Å². The number of rotatable bonds is 1. The van der Waals surface area contributed by atoms with Gasteiger partial charge >= 0.3 is 6.18 Å². The smallest absolute Gasteiger partial charge is 0.336 e. The van der Waals surface area contributed by atoms with Gasteiger partial charge in [0.1, 0.15) is 0 Å². The number of amides is 1. The zero-order valence-corrected chi connectivity index (χ0v) is 12.6. The van der Waals surface area contributed by atoms with Crippen LogP contribution in [0.5, 0.6) is 0 Å². The van der Waals surface area contributed by atoms with Crippen molar-refractivity contribution < 1.29 is 18.0 Å². The minimum atomic E-state index is -4.42. The molecule has 0 bridgehead atoms. The molecule has 1 aliphatic rings. The van der Waals surface area contributed by atoms with Crippen LogP contribution in [-0.2, 0) is 6.18 Å². The van der Waals surface area contributed by atoms with E-state index in [1.807, 2.05) is 20.9 Å². The van der Waals surface area contributed by atoms with Crippen LogP contribution < -0.4 is 0 Å². The fourth-order valence-corrected chi connectivity index (χ4v) is 2.02. The van der Waals surface area contributed by atoms with E-state index in [4.69, 9.17) is 0 Å². The number of alkyl halides is 3. The number of carbonyl (C=O) groups excluding carboxylic acids is 1. The fraction of sp³-hybridized carbons (Fsp3) is 0.533. The van der Waals surface area contributed by atoms with Crippen LogP contribution in [0.3, 0.4) is 0 Å². The Morgan fingerprint density at radius 2 is 1.67 bits per heavy atom. The van der Waals surface area contributed by atoms with Crippen molar-refractivity contribution in [2.75, 3.05) is 33.2 Å². The van der Waals surface area contributed by atoms with Crippen molar-refractivity contribution in [2.45, 2.75) is 20.0 Å². The summed E-state index contributed by atoms with van der Waals surface area (Å²) in [5.41, 5.74) is -0.688. The highest BCUT2D eigenvalue weighted by Crippen LogP contribution is 2.29. The Bertz CT molecular complexity index is 466. The molecule has 0 aliphatic carbocycles. The van der Waals surface area contributed by atoms with E-state index in [2.05, 4.69) is 4.90 Å². The normalized spacial score (nSPS) is 16.2. The Hall–Kier alpha value is -1.56. The summed E-state index contributed by atoms with van der Waals surface area (Å²) in [6.45, 7) is 6.58. The predicted octanol–water partition coefficient (Wildman–Crippen LogP) is 3.12. The van der Waals surface area contributed by atoms with Crippen LogP contribution in [0.1, 0.15) is 29.8 Å². The minimum absolute atomic E-state index is 0.0966. The molecule has 0 spiro atoms. The van der Waals surface area contributed by atoms with E-state index >= 15 is 0 Å². The molecule has 3 nitrogen and oxygen atoms in total. The molecule has 118 valence electrons. The molecule has 6 heteroatoms. The van der Waals surface area contributed by atoms with Gasteiger partial charge in [-0.3, -0.25) is 4.79 Å². The molecule has 1 fully saturated rings. The Kier molecular flexibility index (Phi) is 6.20. The first-order valence-electron chi connectivity index (χ1n) is 7.03. The first-order chi connectivity index (χ1) is 9.88. The third-order valence-electron chi connectivity index (χ3n) is 3.23. The van der Waals surface area contributed by atoms with E-state index in [1.165, 1.54) is 12.1 Å². The highest BCUT2D eigenvalue weighted by molar-refractivity contribution is 5.94. The number of benzene rings is 1. The van der Waals surface area contributed by atoms with Crippen LogP contribution in [0.25, 0.3) is 0 Å². The van der Waals surface area contributed by atoms with Crippen molar-refractivity contribution in [3.8, 4) is 0 Å². The van der Waals surface area contributed by atoms with Gasteiger partial charge in [-0.05, 0) is 25.2 Å². The summed E-state index contributed by atoms with van der Waals surface area (Å²) in [5.74, 6) is -0.334. The lowest BCUT2D eigenvalue weighted by Gasteiger charge is -2.32. The van der Waals surface area contributed by atoms with Crippen LogP contribution in [0.15, 0.2) is 24.3 Å². The van der Waals surface area contributed by atoms with E-state index in [0.717, 1.165) is 25.2 Å². The first-order valence-corrected chi connectivity index (χ1v) is 7.03. The maximum absolute atomic E-state index is 12.6. The SMILES string of the molecule is CC.CN1CCN(C(=O)c2cccc(C(F)(F)F)c2)CC1. The molecule has 21 heavy (non-hydrogen) atoms. The molecular weight excluding hydrogens is 281 g/mol. The Labute approximate surface area is 123 Å². The van der Waals surface area contributed by atoms with Gasteiger partial charge in [-0.15, -0.1) is 0 Å². The van der Waals surface area contributed by atoms with Crippen molar-refractivity contribution >= 4 is 5.91 Å². The zero-order valence-electron chi connectivity index (χ0n) is 12.6. The van der Waals surface area contributed by atoms with Gasteiger partial charge in [0, 0.05) is 31.7 Å². The molecule has 0 N–H and O–H groups in total. The number of likely N-dealkylation sites (N-methyl/N-ethyl adjacent to an activating group) is 1. The van der Waals surface area contributed by atoms with Crippen molar-refractivity contribution in [1.29, 1.82) is 0 Å². The number of hydrogen-bond acceptors (Lipinski definition) is 2. The third-order valence-corrected chi connectivity index (χ3v) is 3.23. The average Bonchev–Trinajstić information content (AvgIpc) is 2.49. The second-order valence-electron chi connectivity index (χ2n) is 4.67. The maximum atomic E-state index is 12.6. The highest BCUT2D eigenvalue weighted by Gasteiger charge is 2.31. The average molecular weight is 302 g/mol. The standard InChI is InChI=1S/C13H15F3N2O.C2H6/c1-17-5-7-18(8-6-17)12(19)10-3-2-4-11(9-10)13(14,15)16;1-2/h2-4,9H,5-8H2,1H3;1-2H3. The van der Waals surface area contributed by atoms with Gasteiger partial charge in [-0.1, -0.05) is 19.9 Å².